The molecular weight excluding hydrogens is 296 g/mol. The van der Waals surface area contributed by atoms with Crippen LogP contribution in [0, 0.1) is 33.6 Å². The fourth-order valence-electron chi connectivity index (χ4n) is 3.93. The summed E-state index contributed by atoms with van der Waals surface area (Å²) in [6.07, 6.45) is 0. The van der Waals surface area contributed by atoms with Crippen molar-refractivity contribution in [3.05, 3.63) is 57.6 Å². The summed E-state index contributed by atoms with van der Waals surface area (Å²) in [6.45, 7) is 13.1. The molecule has 2 heteroatoms. The molecule has 0 aromatic heterocycles. The number of ether oxygens (including phenoxy) is 2. The molecule has 0 atom stereocenters. The first-order valence-corrected chi connectivity index (χ1v) is 8.60. The molecule has 0 N–H and O–H groups in total. The van der Waals surface area contributed by atoms with Gasteiger partial charge in [0.2, 0.25) is 0 Å². The van der Waals surface area contributed by atoms with E-state index in [-0.39, 0.29) is 0 Å². The zero-order valence-corrected chi connectivity index (χ0v) is 16.3. The molecule has 0 aliphatic rings. The van der Waals surface area contributed by atoms with Crippen molar-refractivity contribution in [2.24, 2.45) is 5.92 Å². The Morgan fingerprint density at radius 1 is 0.625 bits per heavy atom. The van der Waals surface area contributed by atoms with Crippen molar-refractivity contribution in [3.63, 3.8) is 0 Å². The average molecular weight is 326 g/mol. The van der Waals surface area contributed by atoms with Gasteiger partial charge in [0.15, 0.2) is 0 Å². The SMILES string of the molecule is COc1c(C)cc(C(c2cc(C)c(OC)c(C)c2)C(C)C)cc1C. The van der Waals surface area contributed by atoms with Crippen LogP contribution in [0.5, 0.6) is 11.5 Å². The van der Waals surface area contributed by atoms with E-state index in [9.17, 15) is 0 Å². The fourth-order valence-corrected chi connectivity index (χ4v) is 3.93. The molecular formula is C22H30O2. The van der Waals surface area contributed by atoms with Crippen molar-refractivity contribution < 1.29 is 9.47 Å². The third-order valence-electron chi connectivity index (χ3n) is 4.76. The summed E-state index contributed by atoms with van der Waals surface area (Å²) >= 11 is 0. The maximum Gasteiger partial charge on any atom is 0.124 e. The van der Waals surface area contributed by atoms with E-state index in [1.165, 1.54) is 33.4 Å². The van der Waals surface area contributed by atoms with Gasteiger partial charge >= 0.3 is 0 Å². The number of benzene rings is 2. The predicted molar refractivity (Wildman–Crippen MR) is 102 cm³/mol. The number of methoxy groups -OCH3 is 2. The lowest BCUT2D eigenvalue weighted by Crippen LogP contribution is -2.11. The molecule has 0 saturated carbocycles. The molecule has 24 heavy (non-hydrogen) atoms. The molecule has 0 radical (unpaired) electrons. The Morgan fingerprint density at radius 3 is 1.12 bits per heavy atom. The van der Waals surface area contributed by atoms with Crippen LogP contribution in [-0.2, 0) is 0 Å². The van der Waals surface area contributed by atoms with Crippen molar-refractivity contribution in [1.82, 2.24) is 0 Å². The Kier molecular flexibility index (Phi) is 5.58. The summed E-state index contributed by atoms with van der Waals surface area (Å²) in [5, 5.41) is 0. The van der Waals surface area contributed by atoms with Gasteiger partial charge in [0.25, 0.3) is 0 Å². The van der Waals surface area contributed by atoms with E-state index in [4.69, 9.17) is 9.47 Å². The summed E-state index contributed by atoms with van der Waals surface area (Å²) in [5.74, 6) is 2.84. The standard InChI is InChI=1S/C22H30O2/c1-13(2)20(18-9-14(3)21(23-7)15(4)10-18)19-11-16(5)22(24-8)17(6)12-19/h9-13,20H,1-8H3. The van der Waals surface area contributed by atoms with Crippen LogP contribution in [0.4, 0.5) is 0 Å². The van der Waals surface area contributed by atoms with Gasteiger partial charge in [0.05, 0.1) is 14.2 Å². The second kappa shape index (κ2) is 7.29. The minimum Gasteiger partial charge on any atom is -0.496 e. The van der Waals surface area contributed by atoms with E-state index in [1.54, 1.807) is 14.2 Å². The summed E-state index contributed by atoms with van der Waals surface area (Å²) in [6, 6.07) is 9.08. The van der Waals surface area contributed by atoms with Crippen LogP contribution < -0.4 is 9.47 Å². The number of hydrogen-bond acceptors (Lipinski definition) is 2. The largest absolute Gasteiger partial charge is 0.496 e. The van der Waals surface area contributed by atoms with Gasteiger partial charge in [-0.25, -0.2) is 0 Å². The molecule has 0 aliphatic heterocycles. The van der Waals surface area contributed by atoms with Gasteiger partial charge in [-0.05, 0) is 67.0 Å². The van der Waals surface area contributed by atoms with Gasteiger partial charge in [0.1, 0.15) is 11.5 Å². The van der Waals surface area contributed by atoms with Crippen LogP contribution in [0.3, 0.4) is 0 Å². The van der Waals surface area contributed by atoms with Gasteiger partial charge in [-0.15, -0.1) is 0 Å². The zero-order valence-electron chi connectivity index (χ0n) is 16.3. The lowest BCUT2D eigenvalue weighted by Gasteiger charge is -2.25. The maximum atomic E-state index is 5.53. The molecule has 0 spiro atoms. The average Bonchev–Trinajstić information content (AvgIpc) is 2.46. The molecule has 2 rings (SSSR count). The number of hydrogen-bond donors (Lipinski definition) is 0. The van der Waals surface area contributed by atoms with Gasteiger partial charge in [0, 0.05) is 5.92 Å². The van der Waals surface area contributed by atoms with E-state index < -0.39 is 0 Å². The molecule has 0 bridgehead atoms. The minimum absolute atomic E-state index is 0.358. The first-order valence-electron chi connectivity index (χ1n) is 8.60. The maximum absolute atomic E-state index is 5.53. The van der Waals surface area contributed by atoms with Crippen molar-refractivity contribution in [3.8, 4) is 11.5 Å². The summed E-state index contributed by atoms with van der Waals surface area (Å²) in [7, 11) is 3.48. The van der Waals surface area contributed by atoms with Crippen LogP contribution in [-0.4, -0.2) is 14.2 Å². The van der Waals surface area contributed by atoms with E-state index in [0.717, 1.165) is 11.5 Å². The molecule has 0 fully saturated rings. The number of aryl methyl sites for hydroxylation is 4. The highest BCUT2D eigenvalue weighted by Gasteiger charge is 2.21. The quantitative estimate of drug-likeness (QED) is 0.699. The molecule has 0 heterocycles. The third-order valence-corrected chi connectivity index (χ3v) is 4.76. The highest BCUT2D eigenvalue weighted by molar-refractivity contribution is 5.50. The zero-order chi connectivity index (χ0) is 18.0. The molecule has 2 aromatic carbocycles. The minimum atomic E-state index is 0.358. The monoisotopic (exact) mass is 326 g/mol. The van der Waals surface area contributed by atoms with Crippen molar-refractivity contribution in [2.75, 3.05) is 14.2 Å². The Labute approximate surface area is 146 Å². The van der Waals surface area contributed by atoms with Crippen molar-refractivity contribution in [2.45, 2.75) is 47.5 Å². The molecule has 130 valence electrons. The summed E-state index contributed by atoms with van der Waals surface area (Å²) in [5.41, 5.74) is 7.48. The smallest absolute Gasteiger partial charge is 0.124 e. The fraction of sp³-hybridized carbons (Fsp3) is 0.455. The van der Waals surface area contributed by atoms with Gasteiger partial charge in [-0.3, -0.25) is 0 Å². The topological polar surface area (TPSA) is 18.5 Å². The first-order chi connectivity index (χ1) is 11.3. The van der Waals surface area contributed by atoms with Crippen molar-refractivity contribution >= 4 is 0 Å². The lowest BCUT2D eigenvalue weighted by atomic mass is 9.80. The molecule has 2 aromatic rings. The van der Waals surface area contributed by atoms with Gasteiger partial charge < -0.3 is 9.47 Å². The van der Waals surface area contributed by atoms with E-state index in [2.05, 4.69) is 65.8 Å². The van der Waals surface area contributed by atoms with E-state index >= 15 is 0 Å². The van der Waals surface area contributed by atoms with Gasteiger partial charge in [-0.1, -0.05) is 38.1 Å². The Morgan fingerprint density at radius 2 is 0.917 bits per heavy atom. The van der Waals surface area contributed by atoms with Crippen LogP contribution in [0.15, 0.2) is 24.3 Å². The van der Waals surface area contributed by atoms with Crippen LogP contribution in [0.2, 0.25) is 0 Å². The Bertz CT molecular complexity index is 623. The molecule has 0 saturated heterocycles. The van der Waals surface area contributed by atoms with Crippen molar-refractivity contribution in [1.29, 1.82) is 0 Å². The Hall–Kier alpha value is -1.96. The van der Waals surface area contributed by atoms with E-state index in [1.807, 2.05) is 0 Å². The van der Waals surface area contributed by atoms with Crippen LogP contribution in [0.25, 0.3) is 0 Å². The molecule has 0 unspecified atom stereocenters. The molecule has 0 aliphatic carbocycles. The van der Waals surface area contributed by atoms with Crippen LogP contribution >= 0.6 is 0 Å². The first kappa shape index (κ1) is 18.4. The number of rotatable bonds is 5. The highest BCUT2D eigenvalue weighted by atomic mass is 16.5. The summed E-state index contributed by atoms with van der Waals surface area (Å²) < 4.78 is 11.1. The normalized spacial score (nSPS) is 11.2. The van der Waals surface area contributed by atoms with E-state index in [0.29, 0.717) is 11.8 Å². The lowest BCUT2D eigenvalue weighted by molar-refractivity contribution is 0.407. The molecule has 2 nitrogen and oxygen atoms in total. The highest BCUT2D eigenvalue weighted by Crippen LogP contribution is 2.38. The molecule has 0 amide bonds. The second-order valence-corrected chi connectivity index (χ2v) is 7.10. The van der Waals surface area contributed by atoms with Crippen LogP contribution in [0.1, 0.15) is 53.1 Å². The predicted octanol–water partition coefficient (Wildman–Crippen LogP) is 5.73. The van der Waals surface area contributed by atoms with Gasteiger partial charge in [-0.2, -0.15) is 0 Å². The second-order valence-electron chi connectivity index (χ2n) is 7.10. The third kappa shape index (κ3) is 3.43. The summed E-state index contributed by atoms with van der Waals surface area (Å²) in [4.78, 5) is 0. The Balaban J connectivity index is 2.60.